The van der Waals surface area contributed by atoms with E-state index in [9.17, 15) is 0 Å². The Kier molecular flexibility index (Phi) is 174. The average Bonchev–Trinajstić information content (AvgIpc) is 0. The maximum atomic E-state index is 0. The van der Waals surface area contributed by atoms with Crippen molar-refractivity contribution in [1.82, 2.24) is 0 Å². The summed E-state index contributed by atoms with van der Waals surface area (Å²) < 4.78 is 0. The van der Waals surface area contributed by atoms with Crippen LogP contribution in [0.5, 0.6) is 0 Å². The van der Waals surface area contributed by atoms with Gasteiger partial charge in [-0.15, -0.1) is 0 Å². The predicted molar refractivity (Wildman–Crippen MR) is 22.8 cm³/mol. The van der Waals surface area contributed by atoms with Crippen molar-refractivity contribution in [3.05, 3.63) is 0 Å². The molecule has 18 valence electrons. The summed E-state index contributed by atoms with van der Waals surface area (Å²) in [6.07, 6.45) is 0. The summed E-state index contributed by atoms with van der Waals surface area (Å²) in [4.78, 5) is 0. The second-order valence-corrected chi connectivity index (χ2v) is 0. The molecule has 0 aromatic carbocycles. The maximum absolute atomic E-state index is 0. The summed E-state index contributed by atoms with van der Waals surface area (Å²) in [5, 5.41) is 0. The molecule has 0 aromatic rings. The van der Waals surface area contributed by atoms with Gasteiger partial charge in [-0.1, -0.05) is 0 Å². The van der Waals surface area contributed by atoms with Crippen LogP contribution < -0.4 is 0 Å². The van der Waals surface area contributed by atoms with E-state index in [0.717, 1.165) is 0 Å². The van der Waals surface area contributed by atoms with Crippen LogP contribution in [0.4, 0.5) is 0 Å². The van der Waals surface area contributed by atoms with Crippen LogP contribution in [0.1, 0.15) is 0 Å². The molecule has 0 aliphatic rings. The molecule has 0 bridgehead atoms. The second kappa shape index (κ2) is 24.4. The smallest absolute Gasteiger partial charge is 0 e. The van der Waals surface area contributed by atoms with Gasteiger partial charge in [0.05, 0.1) is 0 Å². The van der Waals surface area contributed by atoms with Crippen LogP contribution in [0.25, 0.3) is 0 Å². The van der Waals surface area contributed by atoms with E-state index in [-0.39, 0.29) is 132 Å². The van der Waals surface area contributed by atoms with Gasteiger partial charge in [-0.3, -0.25) is 0 Å². The van der Waals surface area contributed by atoms with Gasteiger partial charge in [-0.2, -0.15) is 0 Å². The molecule has 0 unspecified atom stereocenters. The molecule has 0 atom stereocenters. The SMILES string of the molecule is [BeH2].[LiH].[Nb].[RbH].[Ta]. The van der Waals surface area contributed by atoms with Gasteiger partial charge in [0.2, 0.25) is 0 Å². The molecule has 0 saturated heterocycles. The summed E-state index contributed by atoms with van der Waals surface area (Å²) in [6, 6.07) is 0. The van der Waals surface area contributed by atoms with Gasteiger partial charge in [-0.05, 0) is 0 Å². The molecule has 0 nitrogen and oxygen atoms in total. The molecule has 0 fully saturated rings. The molecule has 5 heteroatoms. The first-order valence-electron chi connectivity index (χ1n) is 0. The van der Waals surface area contributed by atoms with Crippen molar-refractivity contribution in [2.45, 2.75) is 0 Å². The Morgan fingerprint density at radius 3 is 1.00 bits per heavy atom. The quantitative estimate of drug-likeness (QED) is 0.419. The Morgan fingerprint density at radius 2 is 1.00 bits per heavy atom. The van der Waals surface area contributed by atoms with Crippen molar-refractivity contribution in [1.29, 1.82) is 0 Å². The monoisotopic (exact) mass is 379 g/mol. The predicted octanol–water partition coefficient (Wildman–Crippen LogP) is -2.22. The third kappa shape index (κ3) is 18.0. The van der Waals surface area contributed by atoms with E-state index in [1.165, 1.54) is 0 Å². The van der Waals surface area contributed by atoms with Crippen LogP contribution in [0, 0.1) is 0 Å². The fraction of sp³-hybridized carbons (Fsp3) is 0. The van der Waals surface area contributed by atoms with Gasteiger partial charge >= 0.3 is 87.2 Å². The third-order valence-electron chi connectivity index (χ3n) is 0. The van der Waals surface area contributed by atoms with E-state index >= 15 is 0 Å². The standard InChI is InChI=1S/Be.Li.Nb.Rb.Ta.4H. The van der Waals surface area contributed by atoms with Gasteiger partial charge in [0.15, 0.2) is 0 Å². The molecule has 0 heterocycles. The number of hydrogen-bond donors (Lipinski definition) is 0. The minimum Gasteiger partial charge on any atom is 0 e. The first-order valence-corrected chi connectivity index (χ1v) is 0. The Bertz CT molecular complexity index is 11.6. The zero-order valence-corrected chi connectivity index (χ0v) is 6.31. The van der Waals surface area contributed by atoms with Gasteiger partial charge in [0.25, 0.3) is 0 Å². The fourth-order valence-corrected chi connectivity index (χ4v) is 0. The maximum Gasteiger partial charge on any atom is 0 e. The zero-order chi connectivity index (χ0) is 0. The van der Waals surface area contributed by atoms with Crippen molar-refractivity contribution < 1.29 is 44.8 Å². The van der Waals surface area contributed by atoms with E-state index in [1.807, 2.05) is 0 Å². The summed E-state index contributed by atoms with van der Waals surface area (Å²) in [6.45, 7) is 0. The molecule has 5 heavy (non-hydrogen) atoms. The molecule has 0 amide bonds. The molecule has 0 aliphatic heterocycles. The minimum atomic E-state index is 0. The van der Waals surface area contributed by atoms with Gasteiger partial charge in [0.1, 0.15) is 0 Å². The minimum absolute atomic E-state index is 0. The molecule has 0 spiro atoms. The molecule has 0 saturated carbocycles. The van der Waals surface area contributed by atoms with Crippen molar-refractivity contribution in [3.63, 3.8) is 0 Å². The van der Waals surface area contributed by atoms with E-state index in [2.05, 4.69) is 0 Å². The topological polar surface area (TPSA) is 0 Å². The van der Waals surface area contributed by atoms with Crippen molar-refractivity contribution in [3.8, 4) is 0 Å². The van der Waals surface area contributed by atoms with Crippen LogP contribution >= 0.6 is 0 Å². The average molecular weight is 379 g/mol. The van der Waals surface area contributed by atoms with E-state index in [4.69, 9.17) is 0 Å². The van der Waals surface area contributed by atoms with Crippen LogP contribution in [0.2, 0.25) is 0 Å². The number of hydrogen-bond acceptors (Lipinski definition) is 0. The zero-order valence-electron chi connectivity index (χ0n) is 0.894. The summed E-state index contributed by atoms with van der Waals surface area (Å²) in [5.41, 5.74) is 0. The first-order chi connectivity index (χ1) is 0. The molecule has 0 aromatic heterocycles. The van der Waals surface area contributed by atoms with Crippen LogP contribution in [0.3, 0.4) is 0 Å². The summed E-state index contributed by atoms with van der Waals surface area (Å²) in [5.74, 6) is 0. The third-order valence-corrected chi connectivity index (χ3v) is 0. The van der Waals surface area contributed by atoms with Crippen molar-refractivity contribution in [2.24, 2.45) is 0 Å². The largest absolute Gasteiger partial charge is 0 e. The fourth-order valence-electron chi connectivity index (χ4n) is 0. The van der Waals surface area contributed by atoms with E-state index < -0.39 is 0 Å². The normalized spacial score (nSPS) is 0. The molecule has 0 N–H and O–H groups in total. The van der Waals surface area contributed by atoms with Crippen LogP contribution in [0.15, 0.2) is 0 Å². The van der Waals surface area contributed by atoms with Crippen molar-refractivity contribution >= 4 is 87.2 Å². The van der Waals surface area contributed by atoms with Gasteiger partial charge in [0, 0.05) is 44.8 Å². The summed E-state index contributed by atoms with van der Waals surface area (Å²) in [7, 11) is 0. The Labute approximate surface area is 128 Å². The Morgan fingerprint density at radius 1 is 1.00 bits per heavy atom. The second-order valence-electron chi connectivity index (χ2n) is 0. The summed E-state index contributed by atoms with van der Waals surface area (Å²) >= 11 is 0. The molecular weight excluding hydrogens is 375 g/mol. The van der Waals surface area contributed by atoms with Crippen molar-refractivity contribution in [2.75, 3.05) is 0 Å². The van der Waals surface area contributed by atoms with E-state index in [1.54, 1.807) is 0 Å². The molecule has 0 rings (SSSR count). The van der Waals surface area contributed by atoms with Crippen LogP contribution in [-0.2, 0) is 44.8 Å². The first kappa shape index (κ1) is 35.7. The number of rotatable bonds is 0. The molecule has 2 radical (unpaired) electrons. The Hall–Kier alpha value is 4.05. The van der Waals surface area contributed by atoms with E-state index in [0.29, 0.717) is 0 Å². The molecule has 0 aliphatic carbocycles. The molecular formula is H4BeLiNbRbTa. The van der Waals surface area contributed by atoms with Gasteiger partial charge < -0.3 is 0 Å². The Balaban J connectivity index is 0. The van der Waals surface area contributed by atoms with Gasteiger partial charge in [-0.25, -0.2) is 0 Å². The van der Waals surface area contributed by atoms with Crippen LogP contribution in [-0.4, -0.2) is 87.2 Å².